The van der Waals surface area contributed by atoms with Crippen molar-refractivity contribution in [2.24, 2.45) is 50.2 Å². The Labute approximate surface area is 482 Å². The maximum absolute atomic E-state index is 14.3. The van der Waals surface area contributed by atoms with Gasteiger partial charge in [-0.15, -0.1) is 0 Å². The average molecular weight is 1170 g/mol. The van der Waals surface area contributed by atoms with Crippen LogP contribution in [0.1, 0.15) is 114 Å². The lowest BCUT2D eigenvalue weighted by Crippen LogP contribution is -2.72. The molecule has 3 saturated heterocycles. The number of allylic oxidation sites excluding steroid dienone is 2. The Hall–Kier alpha value is -4.05. The average Bonchev–Trinajstić information content (AvgIpc) is 0.798. The summed E-state index contributed by atoms with van der Waals surface area (Å²) in [4.78, 5) is 41.2. The van der Waals surface area contributed by atoms with Gasteiger partial charge in [-0.3, -0.25) is 0 Å². The van der Waals surface area contributed by atoms with E-state index < -0.39 is 187 Å². The first-order valence-electron chi connectivity index (χ1n) is 29.1. The molecule has 25 atom stereocenters. The number of carboxylic acids is 1. The van der Waals surface area contributed by atoms with Crippen molar-refractivity contribution in [3.05, 3.63) is 83.4 Å². The number of aliphatic hydroxyl groups is 10. The van der Waals surface area contributed by atoms with Crippen molar-refractivity contribution < 1.29 is 108 Å². The molecule has 5 aliphatic carbocycles. The first-order valence-corrected chi connectivity index (χ1v) is 29.1. The highest BCUT2D eigenvalue weighted by atomic mass is 16.8. The number of fused-ring (bicyclic) bond motifs is 7. The normalized spacial score (nSPS) is 46.4. The van der Waals surface area contributed by atoms with Crippen LogP contribution >= 0.6 is 0 Å². The highest BCUT2D eigenvalue weighted by Gasteiger charge is 2.74. The number of ether oxygens (including phenoxy) is 8. The molecule has 2 aromatic rings. The molecule has 0 radical (unpaired) electrons. The van der Waals surface area contributed by atoms with Crippen LogP contribution in [0.15, 0.2) is 72.3 Å². The topological polar surface area (TPSA) is 348 Å². The Morgan fingerprint density at radius 1 is 0.627 bits per heavy atom. The van der Waals surface area contributed by atoms with Gasteiger partial charge in [-0.25, -0.2) is 14.4 Å². The Morgan fingerprint density at radius 2 is 1.23 bits per heavy atom. The second kappa shape index (κ2) is 22.9. The van der Waals surface area contributed by atoms with Gasteiger partial charge in [0.15, 0.2) is 31.1 Å². The van der Waals surface area contributed by atoms with Crippen molar-refractivity contribution in [1.82, 2.24) is 0 Å². The van der Waals surface area contributed by atoms with E-state index in [1.165, 1.54) is 0 Å². The van der Waals surface area contributed by atoms with Gasteiger partial charge in [-0.05, 0) is 109 Å². The van der Waals surface area contributed by atoms with Gasteiger partial charge in [-0.1, -0.05) is 96.5 Å². The number of aliphatic hydroxyl groups excluding tert-OH is 10. The number of rotatable bonds is 13. The van der Waals surface area contributed by atoms with E-state index in [-0.39, 0.29) is 23.8 Å². The fraction of sp³-hybridized carbons (Fsp3) is 0.721. The highest BCUT2D eigenvalue weighted by Crippen LogP contribution is 2.76. The highest BCUT2D eigenvalue weighted by molar-refractivity contribution is 5.90. The van der Waals surface area contributed by atoms with Gasteiger partial charge in [0.25, 0.3) is 0 Å². The molecule has 8 aliphatic rings. The Balaban J connectivity index is 0.965. The van der Waals surface area contributed by atoms with Gasteiger partial charge < -0.3 is 94.1 Å². The first-order chi connectivity index (χ1) is 39.1. The van der Waals surface area contributed by atoms with E-state index in [1.807, 2.05) is 13.8 Å². The molecule has 3 aliphatic heterocycles. The van der Waals surface area contributed by atoms with Crippen LogP contribution in [0.4, 0.5) is 0 Å². The summed E-state index contributed by atoms with van der Waals surface area (Å²) >= 11 is 0. The number of benzene rings is 2. The van der Waals surface area contributed by atoms with Crippen LogP contribution in [-0.4, -0.2) is 204 Å². The van der Waals surface area contributed by atoms with Crippen LogP contribution < -0.4 is 0 Å². The molecule has 460 valence electrons. The van der Waals surface area contributed by atoms with Crippen molar-refractivity contribution in [1.29, 1.82) is 0 Å². The van der Waals surface area contributed by atoms with Crippen molar-refractivity contribution in [2.75, 3.05) is 19.8 Å². The molecule has 0 amide bonds. The molecule has 22 heteroatoms. The van der Waals surface area contributed by atoms with E-state index in [1.54, 1.807) is 60.7 Å². The van der Waals surface area contributed by atoms with Gasteiger partial charge in [-0.2, -0.15) is 0 Å². The quantitative estimate of drug-likeness (QED) is 0.0776. The summed E-state index contributed by atoms with van der Waals surface area (Å²) in [6.45, 7) is 12.9. The van der Waals surface area contributed by atoms with Crippen LogP contribution in [-0.2, 0) is 42.7 Å². The lowest BCUT2D eigenvalue weighted by atomic mass is 9.33. The molecule has 25 unspecified atom stereocenters. The van der Waals surface area contributed by atoms with E-state index in [4.69, 9.17) is 37.9 Å². The van der Waals surface area contributed by atoms with Crippen LogP contribution in [0.5, 0.6) is 0 Å². The van der Waals surface area contributed by atoms with Crippen molar-refractivity contribution in [3.8, 4) is 0 Å². The molecule has 83 heavy (non-hydrogen) atoms. The van der Waals surface area contributed by atoms with Gasteiger partial charge in [0.1, 0.15) is 67.1 Å². The van der Waals surface area contributed by atoms with Crippen molar-refractivity contribution >= 4 is 17.9 Å². The van der Waals surface area contributed by atoms with E-state index in [2.05, 4.69) is 40.7 Å². The second-order valence-corrected chi connectivity index (χ2v) is 26.8. The van der Waals surface area contributed by atoms with Crippen LogP contribution in [0.2, 0.25) is 0 Å². The largest absolute Gasteiger partial charge is 0.479 e. The summed E-state index contributed by atoms with van der Waals surface area (Å²) < 4.78 is 49.5. The fourth-order valence-electron chi connectivity index (χ4n) is 17.0. The van der Waals surface area contributed by atoms with Crippen molar-refractivity contribution in [3.63, 3.8) is 0 Å². The third kappa shape index (κ3) is 10.2. The van der Waals surface area contributed by atoms with E-state index >= 15 is 0 Å². The summed E-state index contributed by atoms with van der Waals surface area (Å²) in [7, 11) is 0. The van der Waals surface area contributed by atoms with E-state index in [0.29, 0.717) is 44.1 Å². The summed E-state index contributed by atoms with van der Waals surface area (Å²) in [6, 6.07) is 16.9. The monoisotopic (exact) mass is 1170 g/mol. The van der Waals surface area contributed by atoms with Gasteiger partial charge in [0, 0.05) is 5.41 Å². The third-order valence-electron chi connectivity index (χ3n) is 21.7. The molecule has 2 aromatic carbocycles. The van der Waals surface area contributed by atoms with Crippen LogP contribution in [0, 0.1) is 50.2 Å². The Morgan fingerprint density at radius 3 is 1.83 bits per heavy atom. The fourth-order valence-corrected chi connectivity index (χ4v) is 17.0. The SMILES string of the molecule is CC1(C)CC2C3=CCC4C5(C)CCC(OC6OC(C(=O)O)C(O)C(OC7OCC(O)C(O)C7O)C6OC6OC(CO)C(O)C(O)C6O)C(C)(C)C5CCC4(C)C3(C)CC(O)C2(CO)C(OC(=O)c2ccccc2)C1OC(=O)c1ccccc1. The number of hydrogen-bond donors (Lipinski definition) is 11. The predicted octanol–water partition coefficient (Wildman–Crippen LogP) is 1.99. The lowest BCUT2D eigenvalue weighted by Gasteiger charge is -2.72. The van der Waals surface area contributed by atoms with Gasteiger partial charge in [0.05, 0.1) is 48.6 Å². The Kier molecular flexibility index (Phi) is 17.1. The maximum Gasteiger partial charge on any atom is 0.338 e. The van der Waals surface area contributed by atoms with Gasteiger partial charge >= 0.3 is 17.9 Å². The smallest absolute Gasteiger partial charge is 0.338 e. The number of esters is 2. The standard InChI is InChI=1S/C61H84O22/c1-56(2)24-32-31-18-19-36-58(5)22-21-38(78-55-47(81-54-43(70)41(68)40(67)34(26-62)77-54)45(44(71)46(80-55)50(72)73)79-53-42(69)39(66)33(64)27-76-53)57(3,4)35(58)20-23-59(36,6)60(31,7)25-37(65)61(32,28-63)49(83-52(75)30-16-12-9-13-17-30)48(56)82-51(74)29-14-10-8-11-15-29/h8-18,32-49,53-55,62-71H,19-28H2,1-7H3,(H,72,73). The lowest BCUT2D eigenvalue weighted by molar-refractivity contribution is -0.392. The third-order valence-corrected chi connectivity index (χ3v) is 21.7. The number of carbonyl (C=O) groups is 3. The summed E-state index contributed by atoms with van der Waals surface area (Å²) in [5.74, 6) is -3.55. The van der Waals surface area contributed by atoms with Crippen LogP contribution in [0.3, 0.4) is 0 Å². The van der Waals surface area contributed by atoms with Crippen LogP contribution in [0.25, 0.3) is 0 Å². The minimum atomic E-state index is -2.11. The molecule has 4 saturated carbocycles. The molecule has 10 rings (SSSR count). The van der Waals surface area contributed by atoms with E-state index in [0.717, 1.165) is 5.57 Å². The maximum atomic E-state index is 14.3. The second-order valence-electron chi connectivity index (χ2n) is 26.8. The summed E-state index contributed by atoms with van der Waals surface area (Å²) in [5, 5.41) is 122. The molecular weight excluding hydrogens is 1080 g/mol. The molecular formula is C61H84O22. The number of carboxylic acid groups (broad SMARTS) is 1. The first kappa shape index (κ1) is 62.0. The molecule has 0 bridgehead atoms. The number of aliphatic carboxylic acids is 1. The molecule has 11 N–H and O–H groups in total. The molecule has 0 aromatic heterocycles. The zero-order valence-corrected chi connectivity index (χ0v) is 48.0. The summed E-state index contributed by atoms with van der Waals surface area (Å²) in [6.07, 6.45) is -24.2. The molecule has 7 fully saturated rings. The summed E-state index contributed by atoms with van der Waals surface area (Å²) in [5.41, 5.74) is -3.02. The zero-order chi connectivity index (χ0) is 60.1. The van der Waals surface area contributed by atoms with Gasteiger partial charge in [0.2, 0.25) is 0 Å². The molecule has 0 spiro atoms. The molecule has 22 nitrogen and oxygen atoms in total. The minimum absolute atomic E-state index is 0.00717. The van der Waals surface area contributed by atoms with Crippen molar-refractivity contribution in [2.45, 2.75) is 204 Å². The number of hydrogen-bond acceptors (Lipinski definition) is 21. The Bertz CT molecular complexity index is 2690. The minimum Gasteiger partial charge on any atom is -0.479 e. The number of carbonyl (C=O) groups excluding carboxylic acids is 2. The molecule has 3 heterocycles. The predicted molar refractivity (Wildman–Crippen MR) is 288 cm³/mol. The zero-order valence-electron chi connectivity index (χ0n) is 48.0. The van der Waals surface area contributed by atoms with E-state index in [9.17, 15) is 70.6 Å².